The van der Waals surface area contributed by atoms with Crippen molar-refractivity contribution >= 4 is 5.69 Å². The van der Waals surface area contributed by atoms with Crippen molar-refractivity contribution in [2.24, 2.45) is 0 Å². The summed E-state index contributed by atoms with van der Waals surface area (Å²) in [5.74, 6) is -0.190. The third-order valence-electron chi connectivity index (χ3n) is 2.69. The van der Waals surface area contributed by atoms with Gasteiger partial charge in [0.15, 0.2) is 0 Å². The molecule has 0 aliphatic carbocycles. The third-order valence-corrected chi connectivity index (χ3v) is 2.69. The number of para-hydroxylation sites is 1. The quantitative estimate of drug-likeness (QED) is 0.755. The first-order chi connectivity index (χ1) is 6.81. The molecule has 3 heteroatoms. The molecule has 0 aromatic heterocycles. The summed E-state index contributed by atoms with van der Waals surface area (Å²) in [7, 11) is 0. The first-order valence-corrected chi connectivity index (χ1v) is 4.96. The lowest BCUT2D eigenvalue weighted by molar-refractivity contribution is 0.276. The number of fused-ring (bicyclic) bond motifs is 1. The molecular formula is C11H14FNO. The van der Waals surface area contributed by atoms with Gasteiger partial charge in [0, 0.05) is 12.6 Å². The third kappa shape index (κ3) is 1.73. The highest BCUT2D eigenvalue weighted by Gasteiger charge is 2.19. The van der Waals surface area contributed by atoms with Crippen molar-refractivity contribution < 1.29 is 9.50 Å². The highest BCUT2D eigenvalue weighted by molar-refractivity contribution is 5.54. The van der Waals surface area contributed by atoms with E-state index >= 15 is 0 Å². The molecule has 76 valence electrons. The molecule has 2 nitrogen and oxygen atoms in total. The molecule has 1 heterocycles. The number of nitrogens with one attached hydrogen (secondary N) is 1. The Morgan fingerprint density at radius 3 is 3.14 bits per heavy atom. The van der Waals surface area contributed by atoms with Crippen LogP contribution >= 0.6 is 0 Å². The van der Waals surface area contributed by atoms with Crippen molar-refractivity contribution in [1.82, 2.24) is 0 Å². The molecule has 0 fully saturated rings. The Morgan fingerprint density at radius 1 is 1.50 bits per heavy atom. The predicted molar refractivity (Wildman–Crippen MR) is 53.8 cm³/mol. The van der Waals surface area contributed by atoms with Crippen LogP contribution in [0.3, 0.4) is 0 Å². The Bertz CT molecular complexity index is 327. The van der Waals surface area contributed by atoms with Crippen LogP contribution in [0.15, 0.2) is 18.2 Å². The van der Waals surface area contributed by atoms with Gasteiger partial charge in [-0.2, -0.15) is 0 Å². The molecule has 1 aliphatic heterocycles. The van der Waals surface area contributed by atoms with Crippen LogP contribution in [0.2, 0.25) is 0 Å². The van der Waals surface area contributed by atoms with Gasteiger partial charge in [0.25, 0.3) is 0 Å². The summed E-state index contributed by atoms with van der Waals surface area (Å²) in [6, 6.07) is 5.36. The molecule has 0 radical (unpaired) electrons. The van der Waals surface area contributed by atoms with E-state index in [1.165, 1.54) is 6.07 Å². The SMILES string of the molecule is OCCC1CCc2cccc(F)c2N1. The first-order valence-electron chi connectivity index (χ1n) is 4.96. The second-order valence-electron chi connectivity index (χ2n) is 3.67. The molecule has 0 saturated heterocycles. The van der Waals surface area contributed by atoms with Crippen molar-refractivity contribution in [3.05, 3.63) is 29.6 Å². The van der Waals surface area contributed by atoms with Crippen molar-refractivity contribution in [1.29, 1.82) is 0 Å². The van der Waals surface area contributed by atoms with Crippen LogP contribution in [0.25, 0.3) is 0 Å². The first kappa shape index (κ1) is 9.46. The number of aliphatic hydroxyl groups excluding tert-OH is 1. The van der Waals surface area contributed by atoms with Gasteiger partial charge < -0.3 is 10.4 Å². The lowest BCUT2D eigenvalue weighted by atomic mass is 9.96. The zero-order chi connectivity index (χ0) is 9.97. The van der Waals surface area contributed by atoms with Crippen LogP contribution in [0.4, 0.5) is 10.1 Å². The van der Waals surface area contributed by atoms with Gasteiger partial charge >= 0.3 is 0 Å². The second-order valence-corrected chi connectivity index (χ2v) is 3.67. The lowest BCUT2D eigenvalue weighted by Gasteiger charge is -2.26. The molecule has 2 rings (SSSR count). The fourth-order valence-electron chi connectivity index (χ4n) is 1.92. The number of anilines is 1. The Hall–Kier alpha value is -1.09. The molecular weight excluding hydrogens is 181 g/mol. The van der Waals surface area contributed by atoms with Crippen LogP contribution in [0.5, 0.6) is 0 Å². The summed E-state index contributed by atoms with van der Waals surface area (Å²) in [6.45, 7) is 0.154. The summed E-state index contributed by atoms with van der Waals surface area (Å²) >= 11 is 0. The average molecular weight is 195 g/mol. The summed E-state index contributed by atoms with van der Waals surface area (Å²) in [5.41, 5.74) is 1.66. The molecule has 0 amide bonds. The number of aryl methyl sites for hydroxylation is 1. The van der Waals surface area contributed by atoms with Gasteiger partial charge in [-0.15, -0.1) is 0 Å². The summed E-state index contributed by atoms with van der Waals surface area (Å²) < 4.78 is 13.4. The van der Waals surface area contributed by atoms with Crippen LogP contribution in [0.1, 0.15) is 18.4 Å². The second kappa shape index (κ2) is 3.96. The largest absolute Gasteiger partial charge is 0.396 e. The Balaban J connectivity index is 2.20. The predicted octanol–water partition coefficient (Wildman–Crippen LogP) is 1.93. The number of aliphatic hydroxyl groups is 1. The Kier molecular flexibility index (Phi) is 2.68. The molecule has 1 aromatic carbocycles. The van der Waals surface area contributed by atoms with E-state index in [0.29, 0.717) is 12.1 Å². The van der Waals surface area contributed by atoms with Crippen molar-refractivity contribution in [3.8, 4) is 0 Å². The maximum absolute atomic E-state index is 13.4. The van der Waals surface area contributed by atoms with E-state index in [2.05, 4.69) is 5.32 Å². The van der Waals surface area contributed by atoms with Crippen molar-refractivity contribution in [2.45, 2.75) is 25.3 Å². The normalized spacial score (nSPS) is 20.0. The van der Waals surface area contributed by atoms with E-state index in [-0.39, 0.29) is 18.5 Å². The zero-order valence-electron chi connectivity index (χ0n) is 7.96. The van der Waals surface area contributed by atoms with Gasteiger partial charge in [-0.1, -0.05) is 12.1 Å². The average Bonchev–Trinajstić information content (AvgIpc) is 2.20. The van der Waals surface area contributed by atoms with Gasteiger partial charge in [0.2, 0.25) is 0 Å². The monoisotopic (exact) mass is 195 g/mol. The van der Waals surface area contributed by atoms with Crippen molar-refractivity contribution in [3.63, 3.8) is 0 Å². The minimum atomic E-state index is -0.190. The highest BCUT2D eigenvalue weighted by Crippen LogP contribution is 2.28. The van der Waals surface area contributed by atoms with Crippen molar-refractivity contribution in [2.75, 3.05) is 11.9 Å². The molecule has 0 bridgehead atoms. The van der Waals surface area contributed by atoms with Gasteiger partial charge in [0.05, 0.1) is 5.69 Å². The molecule has 0 saturated carbocycles. The smallest absolute Gasteiger partial charge is 0.146 e. The lowest BCUT2D eigenvalue weighted by Crippen LogP contribution is -2.27. The van der Waals surface area contributed by atoms with Gasteiger partial charge in [-0.25, -0.2) is 4.39 Å². The molecule has 14 heavy (non-hydrogen) atoms. The molecule has 2 N–H and O–H groups in total. The number of halogens is 1. The van der Waals surface area contributed by atoms with E-state index in [9.17, 15) is 4.39 Å². The maximum Gasteiger partial charge on any atom is 0.146 e. The van der Waals surface area contributed by atoms with Crippen LogP contribution in [-0.4, -0.2) is 17.8 Å². The summed E-state index contributed by atoms with van der Waals surface area (Å²) in [6.07, 6.45) is 2.55. The number of rotatable bonds is 2. The van der Waals surface area contributed by atoms with Crippen LogP contribution < -0.4 is 5.32 Å². The van der Waals surface area contributed by atoms with Gasteiger partial charge in [0.1, 0.15) is 5.82 Å². The number of benzene rings is 1. The Labute approximate surface area is 82.8 Å². The summed E-state index contributed by atoms with van der Waals surface area (Å²) in [4.78, 5) is 0. The Morgan fingerprint density at radius 2 is 2.36 bits per heavy atom. The van der Waals surface area contributed by atoms with Gasteiger partial charge in [-0.3, -0.25) is 0 Å². The maximum atomic E-state index is 13.4. The molecule has 1 aromatic rings. The molecule has 1 aliphatic rings. The number of hydrogen-bond donors (Lipinski definition) is 2. The van der Waals surface area contributed by atoms with E-state index in [4.69, 9.17) is 5.11 Å². The van der Waals surface area contributed by atoms with E-state index in [1.807, 2.05) is 6.07 Å². The highest BCUT2D eigenvalue weighted by atomic mass is 19.1. The zero-order valence-corrected chi connectivity index (χ0v) is 7.96. The van der Waals surface area contributed by atoms with E-state index in [1.54, 1.807) is 6.07 Å². The molecule has 1 unspecified atom stereocenters. The fourth-order valence-corrected chi connectivity index (χ4v) is 1.92. The van der Waals surface area contributed by atoms with E-state index < -0.39 is 0 Å². The standard InChI is InChI=1S/C11H14FNO/c12-10-3-1-2-8-4-5-9(6-7-14)13-11(8)10/h1-3,9,13-14H,4-7H2. The summed E-state index contributed by atoms with van der Waals surface area (Å²) in [5, 5.41) is 11.9. The topological polar surface area (TPSA) is 32.3 Å². The minimum absolute atomic E-state index is 0.154. The molecule has 1 atom stereocenters. The fraction of sp³-hybridized carbons (Fsp3) is 0.455. The van der Waals surface area contributed by atoms with Crippen LogP contribution in [-0.2, 0) is 6.42 Å². The molecule has 0 spiro atoms. The van der Waals surface area contributed by atoms with Gasteiger partial charge in [-0.05, 0) is 30.9 Å². The minimum Gasteiger partial charge on any atom is -0.396 e. The number of hydrogen-bond acceptors (Lipinski definition) is 2. The van der Waals surface area contributed by atoms with Crippen LogP contribution in [0, 0.1) is 5.82 Å². The van der Waals surface area contributed by atoms with E-state index in [0.717, 1.165) is 18.4 Å².